The number of aromatic nitrogens is 1. The fourth-order valence-electron chi connectivity index (χ4n) is 1.65. The Labute approximate surface area is 175 Å². The summed E-state index contributed by atoms with van der Waals surface area (Å²) in [4.78, 5) is 15.9. The highest BCUT2D eigenvalue weighted by molar-refractivity contribution is 6.30. The van der Waals surface area contributed by atoms with Crippen molar-refractivity contribution >= 4 is 35.7 Å². The minimum absolute atomic E-state index is 0.458. The van der Waals surface area contributed by atoms with E-state index in [1.807, 2.05) is 45.0 Å². The number of carbonyl (C=O) groups excluding carboxylic acids is 1. The van der Waals surface area contributed by atoms with E-state index in [4.69, 9.17) is 23.2 Å². The summed E-state index contributed by atoms with van der Waals surface area (Å²) in [5, 5.41) is 1.22. The molecular weight excluding hydrogens is 379 g/mol. The maximum atomic E-state index is 10.4. The van der Waals surface area contributed by atoms with Crippen LogP contribution in [0.3, 0.4) is 0 Å². The summed E-state index contributed by atoms with van der Waals surface area (Å²) in [5.41, 5.74) is 3.12. The summed E-state index contributed by atoms with van der Waals surface area (Å²) in [6.45, 7) is 14.4. The fraction of sp³-hybridized carbons (Fsp3) is 0.364. The van der Waals surface area contributed by atoms with Crippen LogP contribution in [0.4, 0.5) is 0 Å². The van der Waals surface area contributed by atoms with Gasteiger partial charge < -0.3 is 4.90 Å². The van der Waals surface area contributed by atoms with Gasteiger partial charge in [0.15, 0.2) is 0 Å². The molecule has 0 aliphatic rings. The second-order valence-corrected chi connectivity index (χ2v) is 6.24. The molecule has 3 nitrogen and oxygen atoms in total. The molecule has 0 saturated heterocycles. The van der Waals surface area contributed by atoms with Crippen LogP contribution in [-0.2, 0) is 11.3 Å². The van der Waals surface area contributed by atoms with Crippen LogP contribution in [0, 0.1) is 6.92 Å². The topological polar surface area (TPSA) is 33.2 Å². The van der Waals surface area contributed by atoms with Crippen molar-refractivity contribution in [1.82, 2.24) is 9.88 Å². The van der Waals surface area contributed by atoms with Gasteiger partial charge in [-0.15, -0.1) is 0 Å². The molecule has 1 heterocycles. The summed E-state index contributed by atoms with van der Waals surface area (Å²) in [7, 11) is 1.72. The second-order valence-electron chi connectivity index (χ2n) is 5.42. The van der Waals surface area contributed by atoms with Gasteiger partial charge in [0.25, 0.3) is 0 Å². The molecule has 0 atom stereocenters. The molecule has 0 spiro atoms. The summed E-state index contributed by atoms with van der Waals surface area (Å²) in [6, 6.07) is 9.35. The SMILES string of the molecule is C=Cc1cccc(Cl)c1.CC.CCC.Cc1cnc(Cl)cc1CN(C)C=O. The van der Waals surface area contributed by atoms with Gasteiger partial charge in [-0.3, -0.25) is 4.79 Å². The molecule has 150 valence electrons. The van der Waals surface area contributed by atoms with Crippen molar-refractivity contribution in [3.8, 4) is 0 Å². The highest BCUT2D eigenvalue weighted by Gasteiger charge is 2.02. The van der Waals surface area contributed by atoms with Gasteiger partial charge in [0.05, 0.1) is 0 Å². The Bertz CT molecular complexity index is 661. The van der Waals surface area contributed by atoms with Gasteiger partial charge in [0, 0.05) is 24.8 Å². The van der Waals surface area contributed by atoms with Gasteiger partial charge in [-0.1, -0.05) is 82.1 Å². The fourth-order valence-corrected chi connectivity index (χ4v) is 2.03. The van der Waals surface area contributed by atoms with E-state index >= 15 is 0 Å². The zero-order chi connectivity index (χ0) is 21.2. The molecule has 0 bridgehead atoms. The monoisotopic (exact) mass is 410 g/mol. The minimum atomic E-state index is 0.458. The molecule has 1 aromatic carbocycles. The van der Waals surface area contributed by atoms with E-state index in [0.29, 0.717) is 11.7 Å². The van der Waals surface area contributed by atoms with Crippen LogP contribution < -0.4 is 0 Å². The molecular formula is C22H32Cl2N2O. The molecule has 5 heteroatoms. The van der Waals surface area contributed by atoms with Crippen LogP contribution >= 0.6 is 23.2 Å². The van der Waals surface area contributed by atoms with E-state index in [-0.39, 0.29) is 0 Å². The quantitative estimate of drug-likeness (QED) is 0.399. The molecule has 27 heavy (non-hydrogen) atoms. The number of hydrogen-bond donors (Lipinski definition) is 0. The number of halogens is 2. The Balaban J connectivity index is 0. The molecule has 2 rings (SSSR count). The Hall–Kier alpha value is -1.84. The van der Waals surface area contributed by atoms with Gasteiger partial charge in [-0.2, -0.15) is 0 Å². The van der Waals surface area contributed by atoms with E-state index < -0.39 is 0 Å². The summed E-state index contributed by atoms with van der Waals surface area (Å²) in [6.07, 6.45) is 5.51. The Morgan fingerprint density at radius 2 is 1.78 bits per heavy atom. The van der Waals surface area contributed by atoms with E-state index in [1.54, 1.807) is 30.3 Å². The number of hydrogen-bond acceptors (Lipinski definition) is 2. The molecule has 0 fully saturated rings. The second kappa shape index (κ2) is 17.6. The average molecular weight is 411 g/mol. The number of aryl methyl sites for hydroxylation is 1. The highest BCUT2D eigenvalue weighted by atomic mass is 35.5. The van der Waals surface area contributed by atoms with Crippen molar-refractivity contribution in [3.63, 3.8) is 0 Å². The van der Waals surface area contributed by atoms with E-state index in [2.05, 4.69) is 25.4 Å². The molecule has 1 amide bonds. The summed E-state index contributed by atoms with van der Waals surface area (Å²) in [5.74, 6) is 0. The smallest absolute Gasteiger partial charge is 0.209 e. The molecule has 0 N–H and O–H groups in total. The van der Waals surface area contributed by atoms with Crippen LogP contribution in [0.15, 0.2) is 43.1 Å². The zero-order valence-electron chi connectivity index (χ0n) is 17.3. The predicted molar refractivity (Wildman–Crippen MR) is 120 cm³/mol. The number of nitrogens with zero attached hydrogens (tertiary/aromatic N) is 2. The van der Waals surface area contributed by atoms with Gasteiger partial charge in [0.2, 0.25) is 6.41 Å². The number of carbonyl (C=O) groups is 1. The lowest BCUT2D eigenvalue weighted by atomic mass is 10.1. The lowest BCUT2D eigenvalue weighted by Gasteiger charge is -2.12. The summed E-state index contributed by atoms with van der Waals surface area (Å²) < 4.78 is 0. The van der Waals surface area contributed by atoms with Crippen LogP contribution in [0.2, 0.25) is 10.2 Å². The van der Waals surface area contributed by atoms with Crippen molar-refractivity contribution in [2.24, 2.45) is 0 Å². The first-order valence-corrected chi connectivity index (χ1v) is 9.78. The number of rotatable bonds is 4. The highest BCUT2D eigenvalue weighted by Crippen LogP contribution is 2.13. The third-order valence-electron chi connectivity index (χ3n) is 2.87. The van der Waals surface area contributed by atoms with E-state index in [9.17, 15) is 4.79 Å². The Kier molecular flexibility index (Phi) is 17.8. The lowest BCUT2D eigenvalue weighted by molar-refractivity contribution is -0.117. The molecule has 0 saturated carbocycles. The van der Waals surface area contributed by atoms with E-state index in [0.717, 1.165) is 28.1 Å². The number of pyridine rings is 1. The van der Waals surface area contributed by atoms with Crippen molar-refractivity contribution < 1.29 is 4.79 Å². The van der Waals surface area contributed by atoms with Gasteiger partial charge >= 0.3 is 0 Å². The standard InChI is InChI=1S/C9H11ClN2O.C8H7Cl.C3H8.C2H6/c1-7-4-11-9(10)3-8(7)5-12(2)6-13;1-2-7-4-3-5-8(9)6-7;1-3-2;1-2/h3-4,6H,5H2,1-2H3;2-6H,1H2;3H2,1-2H3;1-2H3. The Morgan fingerprint density at radius 1 is 1.19 bits per heavy atom. The van der Waals surface area contributed by atoms with Crippen molar-refractivity contribution in [3.05, 3.63) is 70.0 Å². The molecule has 2 aromatic rings. The summed E-state index contributed by atoms with van der Waals surface area (Å²) >= 11 is 11.4. The van der Waals surface area contributed by atoms with Crippen LogP contribution in [0.25, 0.3) is 6.08 Å². The first-order valence-electron chi connectivity index (χ1n) is 9.02. The predicted octanol–water partition coefficient (Wildman–Crippen LogP) is 7.06. The molecule has 1 aromatic heterocycles. The Morgan fingerprint density at radius 3 is 2.22 bits per heavy atom. The van der Waals surface area contributed by atoms with Crippen LogP contribution in [-0.4, -0.2) is 23.3 Å². The molecule has 0 radical (unpaired) electrons. The number of benzene rings is 1. The number of amides is 1. The third kappa shape index (κ3) is 14.0. The third-order valence-corrected chi connectivity index (χ3v) is 3.31. The van der Waals surface area contributed by atoms with Crippen LogP contribution in [0.1, 0.15) is 50.8 Å². The average Bonchev–Trinajstić information content (AvgIpc) is 2.67. The maximum Gasteiger partial charge on any atom is 0.209 e. The normalized spacial score (nSPS) is 8.59. The lowest BCUT2D eigenvalue weighted by Crippen LogP contribution is -2.15. The zero-order valence-corrected chi connectivity index (χ0v) is 18.8. The van der Waals surface area contributed by atoms with Crippen molar-refractivity contribution in [2.45, 2.75) is 47.6 Å². The van der Waals surface area contributed by atoms with Gasteiger partial charge in [0.1, 0.15) is 5.15 Å². The maximum absolute atomic E-state index is 10.4. The molecule has 0 aliphatic heterocycles. The molecule has 0 aliphatic carbocycles. The van der Waals surface area contributed by atoms with Gasteiger partial charge in [-0.05, 0) is 41.8 Å². The van der Waals surface area contributed by atoms with Crippen LogP contribution in [0.5, 0.6) is 0 Å². The first-order chi connectivity index (χ1) is 12.9. The largest absolute Gasteiger partial charge is 0.344 e. The van der Waals surface area contributed by atoms with Gasteiger partial charge in [-0.25, -0.2) is 4.98 Å². The van der Waals surface area contributed by atoms with Crippen molar-refractivity contribution in [1.29, 1.82) is 0 Å². The minimum Gasteiger partial charge on any atom is -0.344 e. The van der Waals surface area contributed by atoms with E-state index in [1.165, 1.54) is 6.42 Å². The van der Waals surface area contributed by atoms with Crippen molar-refractivity contribution in [2.75, 3.05) is 7.05 Å². The first kappa shape index (κ1) is 27.4. The molecule has 0 unspecified atom stereocenters.